The third kappa shape index (κ3) is 3.16. The Kier molecular flexibility index (Phi) is 4.03. The van der Waals surface area contributed by atoms with E-state index in [2.05, 4.69) is 36.1 Å². The van der Waals surface area contributed by atoms with Gasteiger partial charge < -0.3 is 10.4 Å². The molecular weight excluding hydrogens is 190 g/mol. The molecule has 0 saturated carbocycles. The summed E-state index contributed by atoms with van der Waals surface area (Å²) in [4.78, 5) is 8.37. The number of rotatable bonds is 5. The lowest BCUT2D eigenvalue weighted by Gasteiger charge is -2.22. The van der Waals surface area contributed by atoms with Crippen LogP contribution in [0.4, 0.5) is 5.82 Å². The fourth-order valence-electron chi connectivity index (χ4n) is 1.19. The first kappa shape index (κ1) is 11.9. The van der Waals surface area contributed by atoms with E-state index >= 15 is 0 Å². The Morgan fingerprint density at radius 3 is 2.73 bits per heavy atom. The first-order valence-electron chi connectivity index (χ1n) is 5.27. The molecule has 84 valence electrons. The molecule has 0 amide bonds. The minimum absolute atomic E-state index is 0.0680. The third-order valence-electron chi connectivity index (χ3n) is 2.66. The van der Waals surface area contributed by atoms with Gasteiger partial charge in [0.2, 0.25) is 0 Å². The first-order valence-corrected chi connectivity index (χ1v) is 5.27. The second kappa shape index (κ2) is 5.07. The highest BCUT2D eigenvalue weighted by molar-refractivity contribution is 5.36. The second-order valence-corrected chi connectivity index (χ2v) is 4.18. The average molecular weight is 209 g/mol. The van der Waals surface area contributed by atoms with E-state index < -0.39 is 0 Å². The van der Waals surface area contributed by atoms with Crippen molar-refractivity contribution in [3.05, 3.63) is 18.1 Å². The Labute approximate surface area is 90.8 Å². The van der Waals surface area contributed by atoms with Gasteiger partial charge in [-0.05, 0) is 6.42 Å². The Morgan fingerprint density at radius 2 is 2.13 bits per heavy atom. The molecule has 0 aromatic carbocycles. The topological polar surface area (TPSA) is 58.0 Å². The van der Waals surface area contributed by atoms with Crippen molar-refractivity contribution in [1.82, 2.24) is 9.97 Å². The number of nitrogens with zero attached hydrogens (tertiary/aromatic N) is 2. The molecule has 4 nitrogen and oxygen atoms in total. The molecule has 0 bridgehead atoms. The van der Waals surface area contributed by atoms with Gasteiger partial charge >= 0.3 is 0 Å². The zero-order valence-corrected chi connectivity index (χ0v) is 9.62. The largest absolute Gasteiger partial charge is 0.395 e. The van der Waals surface area contributed by atoms with Crippen molar-refractivity contribution in [2.75, 3.05) is 18.5 Å². The smallest absolute Gasteiger partial charge is 0.129 e. The molecule has 1 rings (SSSR count). The van der Waals surface area contributed by atoms with E-state index in [1.165, 1.54) is 0 Å². The van der Waals surface area contributed by atoms with Gasteiger partial charge in [0.15, 0.2) is 0 Å². The fraction of sp³-hybridized carbons (Fsp3) is 0.636. The number of hydrogen-bond donors (Lipinski definition) is 2. The van der Waals surface area contributed by atoms with Gasteiger partial charge in [-0.2, -0.15) is 0 Å². The molecule has 1 aromatic rings. The molecule has 2 N–H and O–H groups in total. The van der Waals surface area contributed by atoms with E-state index in [1.54, 1.807) is 6.33 Å². The van der Waals surface area contributed by atoms with Gasteiger partial charge in [-0.15, -0.1) is 0 Å². The zero-order valence-electron chi connectivity index (χ0n) is 9.62. The van der Waals surface area contributed by atoms with Crippen LogP contribution in [0, 0.1) is 0 Å². The maximum atomic E-state index is 8.70. The normalized spacial score (nSPS) is 11.5. The summed E-state index contributed by atoms with van der Waals surface area (Å²) in [6.45, 7) is 7.08. The van der Waals surface area contributed by atoms with Crippen LogP contribution in [0.25, 0.3) is 0 Å². The van der Waals surface area contributed by atoms with Crippen LogP contribution >= 0.6 is 0 Å². The van der Waals surface area contributed by atoms with Crippen LogP contribution in [-0.4, -0.2) is 28.2 Å². The van der Waals surface area contributed by atoms with Gasteiger partial charge in [-0.25, -0.2) is 9.97 Å². The highest BCUT2D eigenvalue weighted by Crippen LogP contribution is 2.25. The van der Waals surface area contributed by atoms with Crippen molar-refractivity contribution in [2.24, 2.45) is 0 Å². The SMILES string of the molecule is CCC(C)(C)c1cc(NCCO)ncn1. The Hall–Kier alpha value is -1.16. The third-order valence-corrected chi connectivity index (χ3v) is 2.66. The lowest BCUT2D eigenvalue weighted by atomic mass is 9.86. The Balaban J connectivity index is 2.82. The summed E-state index contributed by atoms with van der Waals surface area (Å²) in [6.07, 6.45) is 2.59. The zero-order chi connectivity index (χ0) is 11.3. The number of hydrogen-bond acceptors (Lipinski definition) is 4. The van der Waals surface area contributed by atoms with E-state index in [0.717, 1.165) is 17.9 Å². The van der Waals surface area contributed by atoms with Crippen molar-refractivity contribution in [3.63, 3.8) is 0 Å². The predicted molar refractivity (Wildman–Crippen MR) is 60.9 cm³/mol. The number of anilines is 1. The monoisotopic (exact) mass is 209 g/mol. The van der Waals surface area contributed by atoms with E-state index in [9.17, 15) is 0 Å². The summed E-state index contributed by atoms with van der Waals surface area (Å²) < 4.78 is 0. The van der Waals surface area contributed by atoms with Crippen molar-refractivity contribution < 1.29 is 5.11 Å². The van der Waals surface area contributed by atoms with Crippen molar-refractivity contribution in [2.45, 2.75) is 32.6 Å². The summed E-state index contributed by atoms with van der Waals surface area (Å²) in [6, 6.07) is 1.94. The molecule has 0 atom stereocenters. The molecule has 4 heteroatoms. The Morgan fingerprint density at radius 1 is 1.40 bits per heavy atom. The van der Waals surface area contributed by atoms with E-state index in [0.29, 0.717) is 6.54 Å². The van der Waals surface area contributed by atoms with Crippen LogP contribution in [0.15, 0.2) is 12.4 Å². The molecule has 0 spiro atoms. The maximum absolute atomic E-state index is 8.70. The van der Waals surface area contributed by atoms with Crippen molar-refractivity contribution in [3.8, 4) is 0 Å². The minimum atomic E-state index is 0.0680. The van der Waals surface area contributed by atoms with Crippen LogP contribution < -0.4 is 5.32 Å². The van der Waals surface area contributed by atoms with Crippen LogP contribution in [0.5, 0.6) is 0 Å². The predicted octanol–water partition coefficient (Wildman–Crippen LogP) is 1.57. The van der Waals surface area contributed by atoms with Gasteiger partial charge in [0.25, 0.3) is 0 Å². The highest BCUT2D eigenvalue weighted by atomic mass is 16.3. The molecule has 0 aliphatic rings. The van der Waals surface area contributed by atoms with Gasteiger partial charge in [-0.3, -0.25) is 0 Å². The highest BCUT2D eigenvalue weighted by Gasteiger charge is 2.19. The van der Waals surface area contributed by atoms with Crippen LogP contribution in [0.3, 0.4) is 0 Å². The number of nitrogens with one attached hydrogen (secondary N) is 1. The summed E-state index contributed by atoms with van der Waals surface area (Å²) in [5.41, 5.74) is 1.10. The van der Waals surface area contributed by atoms with Gasteiger partial charge in [-0.1, -0.05) is 20.8 Å². The molecule has 0 aliphatic carbocycles. The molecule has 1 heterocycles. The molecule has 0 radical (unpaired) electrons. The van der Waals surface area contributed by atoms with Crippen molar-refractivity contribution >= 4 is 5.82 Å². The standard InChI is InChI=1S/C11H19N3O/c1-4-11(2,3)9-7-10(12-5-6-15)14-8-13-9/h7-8,15H,4-6H2,1-3H3,(H,12,13,14). The van der Waals surface area contributed by atoms with Crippen LogP contribution in [-0.2, 0) is 5.41 Å². The maximum Gasteiger partial charge on any atom is 0.129 e. The van der Waals surface area contributed by atoms with E-state index in [-0.39, 0.29) is 12.0 Å². The van der Waals surface area contributed by atoms with E-state index in [4.69, 9.17) is 5.11 Å². The summed E-state index contributed by atoms with van der Waals surface area (Å²) in [5.74, 6) is 0.774. The molecule has 0 unspecified atom stereocenters. The molecular formula is C11H19N3O. The quantitative estimate of drug-likeness (QED) is 0.772. The van der Waals surface area contributed by atoms with Crippen LogP contribution in [0.2, 0.25) is 0 Å². The average Bonchev–Trinajstić information content (AvgIpc) is 2.27. The molecule has 0 saturated heterocycles. The number of aliphatic hydroxyl groups is 1. The van der Waals surface area contributed by atoms with E-state index in [1.807, 2.05) is 6.07 Å². The lowest BCUT2D eigenvalue weighted by Crippen LogP contribution is -2.18. The fourth-order valence-corrected chi connectivity index (χ4v) is 1.19. The van der Waals surface area contributed by atoms with Crippen molar-refractivity contribution in [1.29, 1.82) is 0 Å². The molecule has 0 fully saturated rings. The molecule has 1 aromatic heterocycles. The second-order valence-electron chi connectivity index (χ2n) is 4.18. The minimum Gasteiger partial charge on any atom is -0.395 e. The number of aromatic nitrogens is 2. The first-order chi connectivity index (χ1) is 7.10. The summed E-state index contributed by atoms with van der Waals surface area (Å²) in [7, 11) is 0. The lowest BCUT2D eigenvalue weighted by molar-refractivity contribution is 0.311. The van der Waals surface area contributed by atoms with Gasteiger partial charge in [0, 0.05) is 18.0 Å². The summed E-state index contributed by atoms with van der Waals surface area (Å²) >= 11 is 0. The van der Waals surface area contributed by atoms with Crippen LogP contribution in [0.1, 0.15) is 32.9 Å². The summed E-state index contributed by atoms with van der Waals surface area (Å²) in [5, 5.41) is 11.7. The molecule has 15 heavy (non-hydrogen) atoms. The van der Waals surface area contributed by atoms with Gasteiger partial charge in [0.05, 0.1) is 12.3 Å². The Bertz CT molecular complexity index is 312. The molecule has 0 aliphatic heterocycles. The number of aliphatic hydroxyl groups excluding tert-OH is 1. The van der Waals surface area contributed by atoms with Gasteiger partial charge in [0.1, 0.15) is 12.1 Å².